The summed E-state index contributed by atoms with van der Waals surface area (Å²) in [5, 5.41) is 6.73. The monoisotopic (exact) mass is 355 g/mol. The number of hydrogen-bond donors (Lipinski definition) is 1. The Morgan fingerprint density at radius 1 is 1.04 bits per heavy atom. The Balaban J connectivity index is 1.84. The SMILES string of the molecule is CC(NC(=O)c1ccc(=O)n(-c2ccccc2)n1)c1ccc(F)c(F)c1. The van der Waals surface area contributed by atoms with Crippen LogP contribution in [-0.2, 0) is 0 Å². The van der Waals surface area contributed by atoms with Gasteiger partial charge in [0.05, 0.1) is 11.7 Å². The number of rotatable bonds is 4. The fourth-order valence-corrected chi connectivity index (χ4v) is 2.42. The maximum atomic E-state index is 13.3. The summed E-state index contributed by atoms with van der Waals surface area (Å²) in [4.78, 5) is 24.4. The molecule has 0 aliphatic rings. The third kappa shape index (κ3) is 3.66. The lowest BCUT2D eigenvalue weighted by Crippen LogP contribution is -2.30. The highest BCUT2D eigenvalue weighted by Crippen LogP contribution is 2.16. The lowest BCUT2D eigenvalue weighted by molar-refractivity contribution is 0.0933. The van der Waals surface area contributed by atoms with E-state index < -0.39 is 23.6 Å². The molecule has 3 aromatic rings. The minimum absolute atomic E-state index is 0.0305. The molecule has 1 amide bonds. The van der Waals surface area contributed by atoms with Crippen LogP contribution in [0.5, 0.6) is 0 Å². The lowest BCUT2D eigenvalue weighted by atomic mass is 10.1. The summed E-state index contributed by atoms with van der Waals surface area (Å²) < 4.78 is 27.5. The number of para-hydroxylation sites is 1. The van der Waals surface area contributed by atoms with Crippen molar-refractivity contribution in [3.8, 4) is 5.69 Å². The van der Waals surface area contributed by atoms with Crippen LogP contribution < -0.4 is 10.9 Å². The van der Waals surface area contributed by atoms with Crippen molar-refractivity contribution in [3.05, 3.63) is 93.9 Å². The maximum Gasteiger partial charge on any atom is 0.272 e. The summed E-state index contributed by atoms with van der Waals surface area (Å²) in [7, 11) is 0. The molecule has 1 unspecified atom stereocenters. The number of hydrogen-bond acceptors (Lipinski definition) is 3. The van der Waals surface area contributed by atoms with E-state index >= 15 is 0 Å². The van der Waals surface area contributed by atoms with Crippen molar-refractivity contribution in [2.45, 2.75) is 13.0 Å². The summed E-state index contributed by atoms with van der Waals surface area (Å²) >= 11 is 0. The first-order valence-electron chi connectivity index (χ1n) is 7.87. The van der Waals surface area contributed by atoms with E-state index in [1.165, 1.54) is 18.2 Å². The molecular formula is C19H15F2N3O2. The van der Waals surface area contributed by atoms with Gasteiger partial charge in [-0.2, -0.15) is 9.78 Å². The summed E-state index contributed by atoms with van der Waals surface area (Å²) in [5.41, 5.74) is 0.596. The van der Waals surface area contributed by atoms with Crippen LogP contribution in [0.15, 0.2) is 65.5 Å². The van der Waals surface area contributed by atoms with E-state index in [0.717, 1.165) is 16.8 Å². The van der Waals surface area contributed by atoms with Crippen molar-refractivity contribution < 1.29 is 13.6 Å². The molecule has 1 heterocycles. The topological polar surface area (TPSA) is 64.0 Å². The van der Waals surface area contributed by atoms with Gasteiger partial charge in [-0.25, -0.2) is 8.78 Å². The van der Waals surface area contributed by atoms with Crippen molar-refractivity contribution in [1.29, 1.82) is 0 Å². The highest BCUT2D eigenvalue weighted by Gasteiger charge is 2.15. The Kier molecular flexibility index (Phi) is 4.88. The van der Waals surface area contributed by atoms with Crippen molar-refractivity contribution >= 4 is 5.91 Å². The normalized spacial score (nSPS) is 11.8. The van der Waals surface area contributed by atoms with Crippen LogP contribution in [0.1, 0.15) is 29.0 Å². The molecule has 5 nitrogen and oxygen atoms in total. The first-order chi connectivity index (χ1) is 12.5. The van der Waals surface area contributed by atoms with Gasteiger partial charge < -0.3 is 5.32 Å². The molecule has 7 heteroatoms. The van der Waals surface area contributed by atoms with Gasteiger partial charge in [0.2, 0.25) is 0 Å². The fourth-order valence-electron chi connectivity index (χ4n) is 2.42. The Hall–Kier alpha value is -3.35. The number of aromatic nitrogens is 2. The minimum atomic E-state index is -0.987. The van der Waals surface area contributed by atoms with Gasteiger partial charge in [-0.1, -0.05) is 24.3 Å². The van der Waals surface area contributed by atoms with E-state index in [0.29, 0.717) is 11.3 Å². The molecule has 2 aromatic carbocycles. The number of halogens is 2. The summed E-state index contributed by atoms with van der Waals surface area (Å²) in [6, 6.07) is 14.1. The van der Waals surface area contributed by atoms with Gasteiger partial charge in [0.25, 0.3) is 11.5 Å². The van der Waals surface area contributed by atoms with Crippen molar-refractivity contribution in [2.24, 2.45) is 0 Å². The maximum absolute atomic E-state index is 13.3. The van der Waals surface area contributed by atoms with E-state index in [4.69, 9.17) is 0 Å². The zero-order valence-electron chi connectivity index (χ0n) is 13.8. The van der Waals surface area contributed by atoms with Crippen LogP contribution in [0.4, 0.5) is 8.78 Å². The first kappa shape index (κ1) is 17.5. The molecule has 0 aliphatic carbocycles. The zero-order valence-corrected chi connectivity index (χ0v) is 13.8. The molecule has 0 saturated carbocycles. The summed E-state index contributed by atoms with van der Waals surface area (Å²) in [6.07, 6.45) is 0. The third-order valence-electron chi connectivity index (χ3n) is 3.82. The highest BCUT2D eigenvalue weighted by molar-refractivity contribution is 5.92. The van der Waals surface area contributed by atoms with Crippen LogP contribution in [0.2, 0.25) is 0 Å². The second kappa shape index (κ2) is 7.26. The molecule has 132 valence electrons. The smallest absolute Gasteiger partial charge is 0.272 e. The lowest BCUT2D eigenvalue weighted by Gasteiger charge is -2.14. The zero-order chi connectivity index (χ0) is 18.7. The predicted molar refractivity (Wildman–Crippen MR) is 92.1 cm³/mol. The van der Waals surface area contributed by atoms with Crippen LogP contribution >= 0.6 is 0 Å². The molecule has 0 fully saturated rings. The molecule has 1 aromatic heterocycles. The third-order valence-corrected chi connectivity index (χ3v) is 3.82. The number of carbonyl (C=O) groups excluding carboxylic acids is 1. The van der Waals surface area contributed by atoms with Gasteiger partial charge in [0.1, 0.15) is 5.69 Å². The van der Waals surface area contributed by atoms with Gasteiger partial charge >= 0.3 is 0 Å². The van der Waals surface area contributed by atoms with Gasteiger partial charge in [-0.15, -0.1) is 0 Å². The number of amides is 1. The van der Waals surface area contributed by atoms with Crippen LogP contribution in [0.3, 0.4) is 0 Å². The Morgan fingerprint density at radius 2 is 1.77 bits per heavy atom. The average molecular weight is 355 g/mol. The quantitative estimate of drug-likeness (QED) is 0.782. The molecule has 0 saturated heterocycles. The molecule has 3 rings (SSSR count). The standard InChI is InChI=1S/C19H15F2N3O2/c1-12(13-7-8-15(20)16(21)11-13)22-19(26)17-9-10-18(25)24(23-17)14-5-3-2-4-6-14/h2-12H,1H3,(H,22,26). The summed E-state index contributed by atoms with van der Waals surface area (Å²) in [6.45, 7) is 1.64. The van der Waals surface area contributed by atoms with Crippen molar-refractivity contribution in [3.63, 3.8) is 0 Å². The second-order valence-electron chi connectivity index (χ2n) is 5.67. The molecule has 0 radical (unpaired) electrons. The van der Waals surface area contributed by atoms with Gasteiger partial charge in [-0.05, 0) is 42.8 Å². The Morgan fingerprint density at radius 3 is 2.46 bits per heavy atom. The van der Waals surface area contributed by atoms with E-state index in [1.54, 1.807) is 37.3 Å². The Bertz CT molecular complexity index is 1000. The van der Waals surface area contributed by atoms with Gasteiger partial charge in [0, 0.05) is 6.07 Å². The van der Waals surface area contributed by atoms with E-state index in [-0.39, 0.29) is 11.3 Å². The Labute approximate surface area is 147 Å². The summed E-state index contributed by atoms with van der Waals surface area (Å²) in [5.74, 6) is -2.48. The van der Waals surface area contributed by atoms with Crippen LogP contribution in [0, 0.1) is 11.6 Å². The average Bonchev–Trinajstić information content (AvgIpc) is 2.65. The molecule has 0 spiro atoms. The van der Waals surface area contributed by atoms with Gasteiger partial charge in [-0.3, -0.25) is 9.59 Å². The number of nitrogens with one attached hydrogen (secondary N) is 1. The van der Waals surface area contributed by atoms with Crippen LogP contribution in [-0.4, -0.2) is 15.7 Å². The van der Waals surface area contributed by atoms with Crippen molar-refractivity contribution in [2.75, 3.05) is 0 Å². The van der Waals surface area contributed by atoms with Crippen LogP contribution in [0.25, 0.3) is 5.69 Å². The predicted octanol–water partition coefficient (Wildman–Crippen LogP) is 3.00. The molecule has 0 aliphatic heterocycles. The number of benzene rings is 2. The van der Waals surface area contributed by atoms with Gasteiger partial charge in [0.15, 0.2) is 11.6 Å². The number of nitrogens with zero attached hydrogens (tertiary/aromatic N) is 2. The number of carbonyl (C=O) groups is 1. The second-order valence-corrected chi connectivity index (χ2v) is 5.67. The molecule has 26 heavy (non-hydrogen) atoms. The largest absolute Gasteiger partial charge is 0.344 e. The highest BCUT2D eigenvalue weighted by atomic mass is 19.2. The molecule has 1 atom stereocenters. The van der Waals surface area contributed by atoms with E-state index in [9.17, 15) is 18.4 Å². The first-order valence-corrected chi connectivity index (χ1v) is 7.87. The van der Waals surface area contributed by atoms with E-state index in [1.807, 2.05) is 0 Å². The van der Waals surface area contributed by atoms with Crippen molar-refractivity contribution in [1.82, 2.24) is 15.1 Å². The van der Waals surface area contributed by atoms with E-state index in [2.05, 4.69) is 10.4 Å². The molecular weight excluding hydrogens is 340 g/mol. The fraction of sp³-hybridized carbons (Fsp3) is 0.105. The molecule has 0 bridgehead atoms. The molecule has 1 N–H and O–H groups in total. The minimum Gasteiger partial charge on any atom is -0.344 e.